The minimum absolute atomic E-state index is 0.303. The maximum Gasteiger partial charge on any atom is 0.344 e. The van der Waals surface area contributed by atoms with E-state index in [-0.39, 0.29) is 6.61 Å². The van der Waals surface area contributed by atoms with Crippen LogP contribution in [0.25, 0.3) is 0 Å². The molecule has 1 N–H and O–H groups in total. The molecule has 0 bridgehead atoms. The molecule has 1 aliphatic rings. The number of amides is 1. The van der Waals surface area contributed by atoms with E-state index < -0.39 is 18.0 Å². The van der Waals surface area contributed by atoms with Crippen molar-refractivity contribution in [2.75, 3.05) is 29.9 Å². The van der Waals surface area contributed by atoms with Crippen LogP contribution >= 0.6 is 11.6 Å². The van der Waals surface area contributed by atoms with Crippen molar-refractivity contribution < 1.29 is 19.1 Å². The number of anilines is 2. The molecule has 7 heteroatoms. The van der Waals surface area contributed by atoms with E-state index in [9.17, 15) is 9.59 Å². The molecule has 0 aliphatic carbocycles. The highest BCUT2D eigenvalue weighted by atomic mass is 35.5. The quantitative estimate of drug-likeness (QED) is 0.682. The van der Waals surface area contributed by atoms with Crippen LogP contribution in [0.2, 0.25) is 5.02 Å². The number of rotatable bonds is 7. The van der Waals surface area contributed by atoms with E-state index in [1.54, 1.807) is 24.3 Å². The molecule has 2 aromatic carbocycles. The number of benzene rings is 2. The number of ether oxygens (including phenoxy) is 2. The zero-order valence-electron chi connectivity index (χ0n) is 16.4. The van der Waals surface area contributed by atoms with Gasteiger partial charge in [0.1, 0.15) is 5.75 Å². The summed E-state index contributed by atoms with van der Waals surface area (Å²) in [6, 6.07) is 14.4. The van der Waals surface area contributed by atoms with Gasteiger partial charge in [-0.3, -0.25) is 4.79 Å². The molecule has 1 unspecified atom stereocenters. The van der Waals surface area contributed by atoms with Crippen LogP contribution in [0.1, 0.15) is 26.2 Å². The van der Waals surface area contributed by atoms with Crippen LogP contribution < -0.4 is 15.0 Å². The lowest BCUT2D eigenvalue weighted by Crippen LogP contribution is -2.31. The Morgan fingerprint density at radius 3 is 2.52 bits per heavy atom. The van der Waals surface area contributed by atoms with Crippen LogP contribution in [-0.4, -0.2) is 37.7 Å². The third kappa shape index (κ3) is 6.39. The molecule has 0 radical (unpaired) electrons. The summed E-state index contributed by atoms with van der Waals surface area (Å²) in [4.78, 5) is 26.6. The Kier molecular flexibility index (Phi) is 7.36. The van der Waals surface area contributed by atoms with E-state index in [1.807, 2.05) is 24.3 Å². The van der Waals surface area contributed by atoms with Crippen molar-refractivity contribution in [3.8, 4) is 5.75 Å². The monoisotopic (exact) mass is 416 g/mol. The largest absolute Gasteiger partial charge is 0.482 e. The molecule has 1 atom stereocenters. The first-order chi connectivity index (χ1) is 14.0. The van der Waals surface area contributed by atoms with Gasteiger partial charge in [0, 0.05) is 29.5 Å². The molecule has 1 aliphatic heterocycles. The molecular weight excluding hydrogens is 392 g/mol. The van der Waals surface area contributed by atoms with Gasteiger partial charge >= 0.3 is 5.97 Å². The summed E-state index contributed by atoms with van der Waals surface area (Å²) in [5.41, 5.74) is 1.81. The number of esters is 1. The van der Waals surface area contributed by atoms with Crippen molar-refractivity contribution in [3.63, 3.8) is 0 Å². The van der Waals surface area contributed by atoms with Gasteiger partial charge in [-0.1, -0.05) is 17.7 Å². The number of hydrogen-bond acceptors (Lipinski definition) is 5. The number of halogens is 1. The maximum atomic E-state index is 12.3. The highest BCUT2D eigenvalue weighted by molar-refractivity contribution is 6.30. The fraction of sp³-hybridized carbons (Fsp3) is 0.364. The lowest BCUT2D eigenvalue weighted by Gasteiger charge is -2.28. The second-order valence-corrected chi connectivity index (χ2v) is 7.40. The molecule has 29 heavy (non-hydrogen) atoms. The zero-order valence-corrected chi connectivity index (χ0v) is 17.2. The van der Waals surface area contributed by atoms with Gasteiger partial charge in [-0.15, -0.1) is 0 Å². The first-order valence-electron chi connectivity index (χ1n) is 9.75. The van der Waals surface area contributed by atoms with Crippen molar-refractivity contribution in [2.24, 2.45) is 0 Å². The normalized spacial score (nSPS) is 14.8. The summed E-state index contributed by atoms with van der Waals surface area (Å²) < 4.78 is 10.5. The SMILES string of the molecule is CC(OC(=O)COc1cccc(Cl)c1)C(=O)Nc1ccc(N2CCCCC2)cc1. The van der Waals surface area contributed by atoms with Crippen LogP contribution in [0.15, 0.2) is 48.5 Å². The van der Waals surface area contributed by atoms with E-state index in [1.165, 1.54) is 26.2 Å². The number of nitrogens with zero attached hydrogens (tertiary/aromatic N) is 1. The maximum absolute atomic E-state index is 12.3. The Labute approximate surface area is 175 Å². The van der Waals surface area contributed by atoms with Crippen molar-refractivity contribution >= 4 is 34.9 Å². The average Bonchev–Trinajstić information content (AvgIpc) is 2.73. The molecule has 1 saturated heterocycles. The van der Waals surface area contributed by atoms with Crippen LogP contribution in [0.5, 0.6) is 5.75 Å². The van der Waals surface area contributed by atoms with Crippen molar-refractivity contribution in [1.29, 1.82) is 0 Å². The summed E-state index contributed by atoms with van der Waals surface area (Å²) in [5, 5.41) is 3.27. The predicted molar refractivity (Wildman–Crippen MR) is 114 cm³/mol. The number of carbonyl (C=O) groups excluding carboxylic acids is 2. The van der Waals surface area contributed by atoms with Crippen LogP contribution in [0.3, 0.4) is 0 Å². The van der Waals surface area contributed by atoms with Gasteiger partial charge < -0.3 is 19.7 Å². The second kappa shape index (κ2) is 10.2. The van der Waals surface area contributed by atoms with Crippen LogP contribution in [0.4, 0.5) is 11.4 Å². The summed E-state index contributed by atoms with van der Waals surface area (Å²) >= 11 is 5.87. The Balaban J connectivity index is 1.45. The molecular formula is C22H25ClN2O4. The lowest BCUT2D eigenvalue weighted by atomic mass is 10.1. The van der Waals surface area contributed by atoms with Crippen molar-refractivity contribution in [2.45, 2.75) is 32.3 Å². The number of nitrogens with one attached hydrogen (secondary N) is 1. The second-order valence-electron chi connectivity index (χ2n) is 6.96. The van der Waals surface area contributed by atoms with E-state index in [4.69, 9.17) is 21.1 Å². The van der Waals surface area contributed by atoms with Gasteiger partial charge in [-0.2, -0.15) is 0 Å². The van der Waals surface area contributed by atoms with E-state index in [2.05, 4.69) is 10.2 Å². The third-order valence-electron chi connectivity index (χ3n) is 4.69. The number of piperidine rings is 1. The molecule has 1 fully saturated rings. The van der Waals surface area contributed by atoms with Crippen LogP contribution in [-0.2, 0) is 14.3 Å². The number of carbonyl (C=O) groups is 2. The minimum atomic E-state index is -0.938. The topological polar surface area (TPSA) is 67.9 Å². The molecule has 0 aromatic heterocycles. The lowest BCUT2D eigenvalue weighted by molar-refractivity contribution is -0.155. The standard InChI is InChI=1S/C22H25ClN2O4/c1-16(29-21(26)15-28-20-7-5-6-17(23)14-20)22(27)24-18-8-10-19(11-9-18)25-12-3-2-4-13-25/h5-11,14,16H,2-4,12-13,15H2,1H3,(H,24,27). The molecule has 1 amide bonds. The fourth-order valence-electron chi connectivity index (χ4n) is 3.14. The summed E-state index contributed by atoms with van der Waals surface area (Å²) in [5.74, 6) is -0.569. The fourth-order valence-corrected chi connectivity index (χ4v) is 3.32. The van der Waals surface area contributed by atoms with Gasteiger partial charge in [-0.25, -0.2) is 4.79 Å². The van der Waals surface area contributed by atoms with Crippen molar-refractivity contribution in [1.82, 2.24) is 0 Å². The van der Waals surface area contributed by atoms with Gasteiger partial charge in [0.05, 0.1) is 0 Å². The molecule has 1 heterocycles. The van der Waals surface area contributed by atoms with Gasteiger partial charge in [-0.05, 0) is 68.7 Å². The third-order valence-corrected chi connectivity index (χ3v) is 4.92. The Hall–Kier alpha value is -2.73. The first kappa shape index (κ1) is 21.0. The Morgan fingerprint density at radius 2 is 1.83 bits per heavy atom. The highest BCUT2D eigenvalue weighted by Crippen LogP contribution is 2.22. The predicted octanol–water partition coefficient (Wildman–Crippen LogP) is 4.28. The summed E-state index contributed by atoms with van der Waals surface area (Å²) in [6.45, 7) is 3.35. The molecule has 0 spiro atoms. The van der Waals surface area contributed by atoms with Crippen molar-refractivity contribution in [3.05, 3.63) is 53.6 Å². The van der Waals surface area contributed by atoms with E-state index >= 15 is 0 Å². The molecule has 154 valence electrons. The summed E-state index contributed by atoms with van der Waals surface area (Å²) in [7, 11) is 0. The van der Waals surface area contributed by atoms with Gasteiger partial charge in [0.15, 0.2) is 12.7 Å². The Morgan fingerprint density at radius 1 is 1.10 bits per heavy atom. The van der Waals surface area contributed by atoms with Gasteiger partial charge in [0.2, 0.25) is 0 Å². The average molecular weight is 417 g/mol. The Bertz CT molecular complexity index is 835. The van der Waals surface area contributed by atoms with E-state index in [0.717, 1.165) is 18.8 Å². The van der Waals surface area contributed by atoms with Gasteiger partial charge in [0.25, 0.3) is 5.91 Å². The summed E-state index contributed by atoms with van der Waals surface area (Å²) in [6.07, 6.45) is 2.77. The highest BCUT2D eigenvalue weighted by Gasteiger charge is 2.19. The zero-order chi connectivity index (χ0) is 20.6. The minimum Gasteiger partial charge on any atom is -0.482 e. The number of hydrogen-bond donors (Lipinski definition) is 1. The molecule has 0 saturated carbocycles. The van der Waals surface area contributed by atoms with E-state index in [0.29, 0.717) is 16.5 Å². The smallest absolute Gasteiger partial charge is 0.344 e. The molecule has 2 aromatic rings. The first-order valence-corrected chi connectivity index (χ1v) is 10.1. The molecule has 3 rings (SSSR count). The van der Waals surface area contributed by atoms with Crippen LogP contribution in [0, 0.1) is 0 Å². The molecule has 6 nitrogen and oxygen atoms in total.